The number of Topliss-reactive ketones (excluding diaryl/α,β-unsaturated/α-hetero) is 1. The van der Waals surface area contributed by atoms with E-state index in [9.17, 15) is 19.8 Å². The highest BCUT2D eigenvalue weighted by molar-refractivity contribution is 5.92. The van der Waals surface area contributed by atoms with E-state index in [1.165, 1.54) is 13.8 Å². The molecule has 3 fully saturated rings. The van der Waals surface area contributed by atoms with Gasteiger partial charge in [0.05, 0.1) is 5.60 Å². The summed E-state index contributed by atoms with van der Waals surface area (Å²) in [5, 5.41) is 20.8. The van der Waals surface area contributed by atoms with Crippen LogP contribution in [0.25, 0.3) is 0 Å². The lowest BCUT2D eigenvalue weighted by molar-refractivity contribution is -0.153. The van der Waals surface area contributed by atoms with E-state index in [-0.39, 0.29) is 33.5 Å². The van der Waals surface area contributed by atoms with Crippen LogP contribution in [-0.2, 0) is 14.3 Å². The van der Waals surface area contributed by atoms with Crippen LogP contribution in [0.5, 0.6) is 0 Å². The van der Waals surface area contributed by atoms with Crippen LogP contribution in [0.1, 0.15) is 93.4 Å². The summed E-state index contributed by atoms with van der Waals surface area (Å²) in [6.07, 6.45) is 9.02. The molecule has 1 aliphatic heterocycles. The van der Waals surface area contributed by atoms with Crippen LogP contribution in [-0.4, -0.2) is 39.8 Å². The van der Waals surface area contributed by atoms with E-state index in [0.29, 0.717) is 29.6 Å². The number of fused-ring (bicyclic) bond motifs is 5. The molecule has 0 amide bonds. The van der Waals surface area contributed by atoms with Gasteiger partial charge in [0.25, 0.3) is 0 Å². The molecule has 5 rings (SSSR count). The maximum atomic E-state index is 13.0. The van der Waals surface area contributed by atoms with E-state index in [2.05, 4.69) is 40.7 Å². The Morgan fingerprint density at radius 1 is 1.03 bits per heavy atom. The molecule has 5 nitrogen and oxygen atoms in total. The van der Waals surface area contributed by atoms with E-state index < -0.39 is 17.8 Å². The number of rotatable bonds is 3. The Balaban J connectivity index is 1.49. The molecule has 0 spiro atoms. The van der Waals surface area contributed by atoms with Gasteiger partial charge in [0, 0.05) is 17.4 Å². The molecule has 2 N–H and O–H groups in total. The summed E-state index contributed by atoms with van der Waals surface area (Å²) in [5.41, 5.74) is 0.690. The molecule has 5 heteroatoms. The van der Waals surface area contributed by atoms with Gasteiger partial charge in [-0.05, 0) is 92.4 Å². The number of allylic oxidation sites excluding steroid dienone is 2. The second kappa shape index (κ2) is 7.54. The summed E-state index contributed by atoms with van der Waals surface area (Å²) >= 11 is 0. The van der Waals surface area contributed by atoms with Crippen molar-refractivity contribution in [2.45, 2.75) is 111 Å². The molecule has 0 saturated heterocycles. The fourth-order valence-corrected chi connectivity index (χ4v) is 9.29. The molecule has 0 aromatic heterocycles. The molecule has 4 aliphatic carbocycles. The van der Waals surface area contributed by atoms with Crippen LogP contribution in [0.4, 0.5) is 0 Å². The van der Waals surface area contributed by atoms with Crippen LogP contribution in [0.3, 0.4) is 0 Å². The molecule has 0 aromatic carbocycles. The number of carbonyl (C=O) groups excluding carboxylic acids is 2. The van der Waals surface area contributed by atoms with E-state index in [1.54, 1.807) is 11.6 Å². The zero-order valence-electron chi connectivity index (χ0n) is 22.6. The van der Waals surface area contributed by atoms with Crippen molar-refractivity contribution in [1.29, 1.82) is 0 Å². The first-order valence-electron chi connectivity index (χ1n) is 13.6. The lowest BCUT2D eigenvalue weighted by atomic mass is 9.41. The highest BCUT2D eigenvalue weighted by atomic mass is 16.6. The van der Waals surface area contributed by atoms with Gasteiger partial charge < -0.3 is 14.9 Å². The number of hydrogen-bond acceptors (Lipinski definition) is 5. The van der Waals surface area contributed by atoms with Gasteiger partial charge in [0.1, 0.15) is 18.0 Å². The Bertz CT molecular complexity index is 1010. The largest absolute Gasteiger partial charge is 0.452 e. The minimum atomic E-state index is -1.35. The predicted molar refractivity (Wildman–Crippen MR) is 134 cm³/mol. The Kier molecular flexibility index (Phi) is 5.43. The van der Waals surface area contributed by atoms with Crippen molar-refractivity contribution in [1.82, 2.24) is 0 Å². The molecule has 8 atom stereocenters. The monoisotopic (exact) mass is 484 g/mol. The average molecular weight is 485 g/mol. The minimum absolute atomic E-state index is 0.00572. The van der Waals surface area contributed by atoms with Gasteiger partial charge in [0.15, 0.2) is 0 Å². The number of carbonyl (C=O) groups is 2. The first-order valence-corrected chi connectivity index (χ1v) is 13.6. The Labute approximate surface area is 210 Å². The molecule has 5 aliphatic rings. The average Bonchev–Trinajstić information content (AvgIpc) is 3.26. The highest BCUT2D eigenvalue weighted by Crippen LogP contribution is 2.73. The van der Waals surface area contributed by atoms with Crippen molar-refractivity contribution >= 4 is 11.8 Å². The third kappa shape index (κ3) is 3.26. The number of aliphatic hydroxyl groups excluding tert-OH is 1. The number of ether oxygens (including phenoxy) is 1. The maximum Gasteiger partial charge on any atom is 0.334 e. The van der Waals surface area contributed by atoms with Crippen LogP contribution in [0.15, 0.2) is 23.3 Å². The van der Waals surface area contributed by atoms with Gasteiger partial charge in [-0.15, -0.1) is 0 Å². The number of cyclic esters (lactones) is 1. The zero-order valence-corrected chi connectivity index (χ0v) is 22.6. The third-order valence-electron chi connectivity index (χ3n) is 11.8. The van der Waals surface area contributed by atoms with Crippen molar-refractivity contribution in [3.8, 4) is 0 Å². The van der Waals surface area contributed by atoms with Gasteiger partial charge in [0.2, 0.25) is 0 Å². The zero-order chi connectivity index (χ0) is 25.8. The molecule has 0 bridgehead atoms. The Hall–Kier alpha value is -1.46. The molecule has 35 heavy (non-hydrogen) atoms. The standard InChI is InChI=1S/C30H44O5/c1-26(2)22-9-8-20-19(28(22,5)13-12-23(26)31)11-15-29(6)18(10-14-30(20,29)7)17-16-21(35-25(17)33)24(32)27(3,4)34/h8,16,18-19,21-22,24,32,34H,9-15H2,1-7H3/t18-,19-,21-,22-,24+,28+,29-,30+/m0/s1. The number of ketones is 1. The Morgan fingerprint density at radius 2 is 1.69 bits per heavy atom. The number of esters is 1. The van der Waals surface area contributed by atoms with Crippen molar-refractivity contribution in [3.63, 3.8) is 0 Å². The second-order valence-electron chi connectivity index (χ2n) is 14.1. The first-order chi connectivity index (χ1) is 16.1. The van der Waals surface area contributed by atoms with Crippen LogP contribution >= 0.6 is 0 Å². The second-order valence-corrected chi connectivity index (χ2v) is 14.1. The molecule has 0 unspecified atom stereocenters. The Morgan fingerprint density at radius 3 is 2.34 bits per heavy atom. The maximum absolute atomic E-state index is 13.0. The quantitative estimate of drug-likeness (QED) is 0.428. The minimum Gasteiger partial charge on any atom is -0.452 e. The smallest absolute Gasteiger partial charge is 0.334 e. The lowest BCUT2D eigenvalue weighted by Gasteiger charge is -2.63. The van der Waals surface area contributed by atoms with Gasteiger partial charge in [-0.1, -0.05) is 46.3 Å². The van der Waals surface area contributed by atoms with E-state index in [0.717, 1.165) is 38.5 Å². The predicted octanol–water partition coefficient (Wildman–Crippen LogP) is 5.14. The SMILES string of the molecule is CC(C)(O)[C@H](O)[C@@H]1C=C([C@@H]2CC[C@]3(C)C4=CC[C@H]5C(C)(C)C(=O)CC[C@]5(C)[C@H]4CC[C@@]23C)C(=O)O1. The summed E-state index contributed by atoms with van der Waals surface area (Å²) in [7, 11) is 0. The molecule has 3 saturated carbocycles. The first kappa shape index (κ1) is 25.2. The van der Waals surface area contributed by atoms with Gasteiger partial charge in [-0.2, -0.15) is 0 Å². The highest BCUT2D eigenvalue weighted by Gasteiger charge is 2.66. The summed E-state index contributed by atoms with van der Waals surface area (Å²) in [6.45, 7) is 14.6. The fraction of sp³-hybridized carbons (Fsp3) is 0.800. The number of aliphatic hydroxyl groups is 2. The molecule has 0 aromatic rings. The summed E-state index contributed by atoms with van der Waals surface area (Å²) < 4.78 is 5.57. The van der Waals surface area contributed by atoms with E-state index >= 15 is 0 Å². The van der Waals surface area contributed by atoms with Crippen LogP contribution in [0.2, 0.25) is 0 Å². The molecule has 0 radical (unpaired) electrons. The van der Waals surface area contributed by atoms with E-state index in [4.69, 9.17) is 4.74 Å². The summed E-state index contributed by atoms with van der Waals surface area (Å²) in [6, 6.07) is 0. The number of hydrogen-bond donors (Lipinski definition) is 2. The van der Waals surface area contributed by atoms with E-state index in [1.807, 2.05) is 0 Å². The summed E-state index contributed by atoms with van der Waals surface area (Å²) in [5.74, 6) is 1.02. The van der Waals surface area contributed by atoms with Gasteiger partial charge in [-0.25, -0.2) is 4.79 Å². The molecular weight excluding hydrogens is 440 g/mol. The van der Waals surface area contributed by atoms with Crippen molar-refractivity contribution in [3.05, 3.63) is 23.3 Å². The topological polar surface area (TPSA) is 83.8 Å². The summed E-state index contributed by atoms with van der Waals surface area (Å²) in [4.78, 5) is 25.8. The molecule has 1 heterocycles. The lowest BCUT2D eigenvalue weighted by Crippen LogP contribution is -2.57. The van der Waals surface area contributed by atoms with Gasteiger partial charge >= 0.3 is 5.97 Å². The molecular formula is C30H44O5. The van der Waals surface area contributed by atoms with Crippen LogP contribution < -0.4 is 0 Å². The van der Waals surface area contributed by atoms with Crippen molar-refractivity contribution in [2.24, 2.45) is 39.4 Å². The van der Waals surface area contributed by atoms with Gasteiger partial charge in [-0.3, -0.25) is 4.79 Å². The normalized spacial score (nSPS) is 45.6. The van der Waals surface area contributed by atoms with Crippen LogP contribution in [0, 0.1) is 39.4 Å². The third-order valence-corrected chi connectivity index (χ3v) is 11.8. The van der Waals surface area contributed by atoms with Crippen molar-refractivity contribution < 1.29 is 24.5 Å². The molecule has 194 valence electrons. The van der Waals surface area contributed by atoms with Crippen molar-refractivity contribution in [2.75, 3.05) is 0 Å². The fourth-order valence-electron chi connectivity index (χ4n) is 9.29.